The monoisotopic (exact) mass is 281 g/mol. The van der Waals surface area contributed by atoms with Gasteiger partial charge < -0.3 is 9.84 Å². The molecular formula is C12H15N3O3S. The third-order valence-corrected chi connectivity index (χ3v) is 3.48. The zero-order chi connectivity index (χ0) is 13.7. The summed E-state index contributed by atoms with van der Waals surface area (Å²) in [5.41, 5.74) is 0.755. The standard InChI is InChI=1S/C12H15N3O3S/c1-2-18-11(17)7-9(16)8-19-12-14-13-10-5-3-4-6-15(10)12/h3-6,9,16H,2,7-8H2,1H3. The Hall–Kier alpha value is -1.60. The van der Waals surface area contributed by atoms with E-state index < -0.39 is 6.10 Å². The first-order valence-corrected chi connectivity index (χ1v) is 6.95. The van der Waals surface area contributed by atoms with Gasteiger partial charge in [0.25, 0.3) is 0 Å². The number of esters is 1. The zero-order valence-electron chi connectivity index (χ0n) is 10.5. The molecule has 0 saturated heterocycles. The van der Waals surface area contributed by atoms with E-state index in [1.165, 1.54) is 11.8 Å². The minimum Gasteiger partial charge on any atom is -0.466 e. The Balaban J connectivity index is 1.90. The van der Waals surface area contributed by atoms with Crippen LogP contribution in [0.1, 0.15) is 13.3 Å². The van der Waals surface area contributed by atoms with Crippen LogP contribution in [0.2, 0.25) is 0 Å². The van der Waals surface area contributed by atoms with E-state index in [4.69, 9.17) is 4.74 Å². The fourth-order valence-electron chi connectivity index (χ4n) is 1.56. The summed E-state index contributed by atoms with van der Waals surface area (Å²) in [6.07, 6.45) is 1.10. The minimum atomic E-state index is -0.750. The lowest BCUT2D eigenvalue weighted by molar-refractivity contribution is -0.144. The van der Waals surface area contributed by atoms with Crippen LogP contribution in [-0.2, 0) is 9.53 Å². The van der Waals surface area contributed by atoms with Gasteiger partial charge in [-0.05, 0) is 19.1 Å². The number of hydrogen-bond acceptors (Lipinski definition) is 6. The van der Waals surface area contributed by atoms with E-state index in [1.54, 1.807) is 6.92 Å². The Kier molecular flexibility index (Phi) is 4.75. The fourth-order valence-corrected chi connectivity index (χ4v) is 2.41. The Morgan fingerprint density at radius 3 is 3.16 bits per heavy atom. The van der Waals surface area contributed by atoms with Gasteiger partial charge in [0, 0.05) is 11.9 Å². The number of nitrogens with zero attached hydrogens (tertiary/aromatic N) is 3. The van der Waals surface area contributed by atoms with Gasteiger partial charge in [-0.15, -0.1) is 10.2 Å². The summed E-state index contributed by atoms with van der Waals surface area (Å²) >= 11 is 1.36. The second kappa shape index (κ2) is 6.53. The van der Waals surface area contributed by atoms with Gasteiger partial charge in [-0.3, -0.25) is 9.20 Å². The number of ether oxygens (including phenoxy) is 1. The maximum Gasteiger partial charge on any atom is 0.308 e. The van der Waals surface area contributed by atoms with E-state index in [-0.39, 0.29) is 12.4 Å². The van der Waals surface area contributed by atoms with Crippen molar-refractivity contribution in [3.05, 3.63) is 24.4 Å². The molecule has 102 valence electrons. The molecule has 2 aromatic heterocycles. The molecule has 0 radical (unpaired) electrons. The summed E-state index contributed by atoms with van der Waals surface area (Å²) in [4.78, 5) is 11.2. The molecule has 7 heteroatoms. The molecule has 2 rings (SSSR count). The molecule has 1 N–H and O–H groups in total. The van der Waals surface area contributed by atoms with Crippen LogP contribution < -0.4 is 0 Å². The van der Waals surface area contributed by atoms with Crippen molar-refractivity contribution >= 4 is 23.4 Å². The summed E-state index contributed by atoms with van der Waals surface area (Å²) in [7, 11) is 0. The predicted molar refractivity (Wildman–Crippen MR) is 71.0 cm³/mol. The van der Waals surface area contributed by atoms with Crippen LogP contribution >= 0.6 is 11.8 Å². The highest BCUT2D eigenvalue weighted by molar-refractivity contribution is 7.99. The fraction of sp³-hybridized carbons (Fsp3) is 0.417. The van der Waals surface area contributed by atoms with Crippen molar-refractivity contribution in [2.24, 2.45) is 0 Å². The van der Waals surface area contributed by atoms with Crippen molar-refractivity contribution in [1.29, 1.82) is 0 Å². The van der Waals surface area contributed by atoms with Crippen LogP contribution in [0.3, 0.4) is 0 Å². The van der Waals surface area contributed by atoms with E-state index in [9.17, 15) is 9.90 Å². The van der Waals surface area contributed by atoms with Gasteiger partial charge in [-0.2, -0.15) is 0 Å². The lowest BCUT2D eigenvalue weighted by Crippen LogP contribution is -2.18. The third-order valence-electron chi connectivity index (χ3n) is 2.39. The first kappa shape index (κ1) is 13.8. The molecule has 0 aromatic carbocycles. The molecule has 19 heavy (non-hydrogen) atoms. The van der Waals surface area contributed by atoms with Gasteiger partial charge in [0.05, 0.1) is 19.1 Å². The van der Waals surface area contributed by atoms with Crippen molar-refractivity contribution in [1.82, 2.24) is 14.6 Å². The zero-order valence-corrected chi connectivity index (χ0v) is 11.3. The highest BCUT2D eigenvalue weighted by atomic mass is 32.2. The molecule has 0 spiro atoms. The van der Waals surface area contributed by atoms with Crippen molar-refractivity contribution < 1.29 is 14.6 Å². The van der Waals surface area contributed by atoms with Crippen LogP contribution in [-0.4, -0.2) is 44.1 Å². The average Bonchev–Trinajstić information content (AvgIpc) is 2.80. The highest BCUT2D eigenvalue weighted by Gasteiger charge is 2.14. The summed E-state index contributed by atoms with van der Waals surface area (Å²) < 4.78 is 6.61. The number of aliphatic hydroxyl groups excluding tert-OH is 1. The van der Waals surface area contributed by atoms with Gasteiger partial charge in [0.15, 0.2) is 10.8 Å². The van der Waals surface area contributed by atoms with Gasteiger partial charge in [0.1, 0.15) is 0 Å². The molecular weight excluding hydrogens is 266 g/mol. The number of carbonyl (C=O) groups is 1. The van der Waals surface area contributed by atoms with Crippen LogP contribution in [0.25, 0.3) is 5.65 Å². The topological polar surface area (TPSA) is 76.7 Å². The summed E-state index contributed by atoms with van der Waals surface area (Å²) in [6, 6.07) is 5.62. The molecule has 1 unspecified atom stereocenters. The number of rotatable bonds is 6. The number of thioether (sulfide) groups is 1. The molecule has 0 aliphatic rings. The number of aromatic nitrogens is 3. The Bertz CT molecular complexity index is 558. The van der Waals surface area contributed by atoms with Crippen molar-refractivity contribution in [2.75, 3.05) is 12.4 Å². The maximum absolute atomic E-state index is 11.2. The van der Waals surface area contributed by atoms with E-state index >= 15 is 0 Å². The molecule has 1 atom stereocenters. The molecule has 0 fully saturated rings. The van der Waals surface area contributed by atoms with E-state index in [0.29, 0.717) is 17.5 Å². The maximum atomic E-state index is 11.2. The van der Waals surface area contributed by atoms with Crippen LogP contribution in [0.4, 0.5) is 0 Å². The SMILES string of the molecule is CCOC(=O)CC(O)CSc1nnc2ccccn12. The minimum absolute atomic E-state index is 0.00240. The van der Waals surface area contributed by atoms with E-state index in [1.807, 2.05) is 28.8 Å². The third kappa shape index (κ3) is 3.68. The number of carbonyl (C=O) groups excluding carboxylic acids is 1. The number of fused-ring (bicyclic) bond motifs is 1. The van der Waals surface area contributed by atoms with E-state index in [2.05, 4.69) is 10.2 Å². The first-order valence-electron chi connectivity index (χ1n) is 5.97. The second-order valence-electron chi connectivity index (χ2n) is 3.89. The van der Waals surface area contributed by atoms with Gasteiger partial charge in [0.2, 0.25) is 0 Å². The molecule has 6 nitrogen and oxygen atoms in total. The average molecular weight is 281 g/mol. The van der Waals surface area contributed by atoms with Gasteiger partial charge in [-0.25, -0.2) is 0 Å². The molecule has 0 aliphatic heterocycles. The number of hydrogen-bond donors (Lipinski definition) is 1. The molecule has 0 amide bonds. The van der Waals surface area contributed by atoms with Crippen molar-refractivity contribution in [3.63, 3.8) is 0 Å². The normalized spacial score (nSPS) is 12.5. The van der Waals surface area contributed by atoms with E-state index in [0.717, 1.165) is 5.65 Å². The Morgan fingerprint density at radius 1 is 1.53 bits per heavy atom. The summed E-state index contributed by atoms with van der Waals surface area (Å²) in [5, 5.41) is 18.5. The largest absolute Gasteiger partial charge is 0.466 e. The molecule has 0 aliphatic carbocycles. The molecule has 2 aromatic rings. The summed E-state index contributed by atoms with van der Waals surface area (Å²) in [6.45, 7) is 2.06. The second-order valence-corrected chi connectivity index (χ2v) is 4.87. The molecule has 0 bridgehead atoms. The molecule has 2 heterocycles. The smallest absolute Gasteiger partial charge is 0.308 e. The predicted octanol–water partition coefficient (Wildman–Crippen LogP) is 1.14. The molecule has 0 saturated carbocycles. The van der Waals surface area contributed by atoms with Crippen LogP contribution in [0, 0.1) is 0 Å². The first-order chi connectivity index (χ1) is 9.20. The van der Waals surface area contributed by atoms with Crippen molar-refractivity contribution in [3.8, 4) is 0 Å². The highest BCUT2D eigenvalue weighted by Crippen LogP contribution is 2.18. The van der Waals surface area contributed by atoms with Crippen molar-refractivity contribution in [2.45, 2.75) is 24.6 Å². The quantitative estimate of drug-likeness (QED) is 0.632. The number of aliphatic hydroxyl groups is 1. The van der Waals surface area contributed by atoms with Gasteiger partial charge >= 0.3 is 5.97 Å². The van der Waals surface area contributed by atoms with Crippen LogP contribution in [0.5, 0.6) is 0 Å². The number of pyridine rings is 1. The van der Waals surface area contributed by atoms with Crippen LogP contribution in [0.15, 0.2) is 29.6 Å². The lowest BCUT2D eigenvalue weighted by Gasteiger charge is -2.08. The Morgan fingerprint density at radius 2 is 2.37 bits per heavy atom. The summed E-state index contributed by atoms with van der Waals surface area (Å²) in [5.74, 6) is -0.0178. The lowest BCUT2D eigenvalue weighted by atomic mass is 10.3. The van der Waals surface area contributed by atoms with Gasteiger partial charge in [-0.1, -0.05) is 17.8 Å². The Labute approximate surface area is 114 Å².